The molecule has 2 aromatic heterocycles. The van der Waals surface area contributed by atoms with Crippen molar-refractivity contribution in [3.05, 3.63) is 60.2 Å². The molecule has 211 valence electrons. The summed E-state index contributed by atoms with van der Waals surface area (Å²) < 4.78 is 67.9. The summed E-state index contributed by atoms with van der Waals surface area (Å²) >= 11 is 0. The zero-order chi connectivity index (χ0) is 28.1. The summed E-state index contributed by atoms with van der Waals surface area (Å²) in [5, 5.41) is 14.6. The van der Waals surface area contributed by atoms with Gasteiger partial charge in [0.05, 0.1) is 23.5 Å². The van der Waals surface area contributed by atoms with Crippen molar-refractivity contribution in [1.82, 2.24) is 14.9 Å². The molecule has 0 bridgehead atoms. The fourth-order valence-electron chi connectivity index (χ4n) is 1.90. The van der Waals surface area contributed by atoms with Crippen LogP contribution in [0.5, 0.6) is 0 Å². The second kappa shape index (κ2) is 24.3. The minimum Gasteiger partial charge on any atom is -0.457 e. The summed E-state index contributed by atoms with van der Waals surface area (Å²) in [7, 11) is -9.89. The molecule has 2 heterocycles. The van der Waals surface area contributed by atoms with E-state index in [-0.39, 0.29) is 27.5 Å². The summed E-state index contributed by atoms with van der Waals surface area (Å²) in [5.74, 6) is 0. The first-order chi connectivity index (χ1) is 15.9. The molecule has 0 aromatic carbocycles. The van der Waals surface area contributed by atoms with Gasteiger partial charge in [0.15, 0.2) is 0 Å². The van der Waals surface area contributed by atoms with Gasteiger partial charge in [0, 0.05) is 44.9 Å². The standard InChI is InChI=1S/C16H21N3.2C2H3N.2ClHO4.Ni.H2O/c1-16(2,3)19(12-14-8-4-6-10-17-14)13-15-9-5-7-11-18-15;2*1-2-3;2*2-1(3,4)5;;/h4-11H,12-13H2,1-3H3;2*1H3;2*(H,2,3,4,5);;1H2/q;;;;;+3;/p-1. The van der Waals surface area contributed by atoms with Gasteiger partial charge in [-0.15, -0.1) is 20.5 Å². The third-order valence-electron chi connectivity index (χ3n) is 3.11. The van der Waals surface area contributed by atoms with E-state index < -0.39 is 20.5 Å². The van der Waals surface area contributed by atoms with Crippen LogP contribution in [-0.4, -0.2) is 20.4 Å². The van der Waals surface area contributed by atoms with Gasteiger partial charge in [-0.05, 0) is 45.0 Å². The first-order valence-corrected chi connectivity index (χ1v) is 11.8. The molecule has 0 saturated carbocycles. The zero-order valence-corrected chi connectivity index (χ0v) is 23.2. The van der Waals surface area contributed by atoms with E-state index in [0.717, 1.165) is 24.5 Å². The Morgan fingerprint density at radius 1 is 0.730 bits per heavy atom. The molecule has 0 aliphatic carbocycles. The Morgan fingerprint density at radius 3 is 1.14 bits per heavy atom. The van der Waals surface area contributed by atoms with E-state index in [9.17, 15) is 0 Å². The normalized spacial score (nSPS) is 9.73. The summed E-state index contributed by atoms with van der Waals surface area (Å²) in [4.78, 5) is 11.2. The molecule has 3 N–H and O–H groups in total. The molecule has 0 spiro atoms. The Bertz CT molecular complexity index is 778. The van der Waals surface area contributed by atoms with Crippen molar-refractivity contribution in [2.24, 2.45) is 0 Å². The Kier molecular flexibility index (Phi) is 29.5. The van der Waals surface area contributed by atoms with E-state index in [4.69, 9.17) is 47.8 Å². The molecule has 14 nitrogen and oxygen atoms in total. The van der Waals surface area contributed by atoms with Crippen LogP contribution in [-0.2, 0) is 35.1 Å². The summed E-state index contributed by atoms with van der Waals surface area (Å²) in [6.07, 6.45) is 3.69. The predicted octanol–water partition coefficient (Wildman–Crippen LogP) is -6.10. The monoisotopic (exact) mass is 612 g/mol. The van der Waals surface area contributed by atoms with Crippen molar-refractivity contribution >= 4 is 0 Å². The Hall–Kier alpha value is -2.05. The molecular formula is C20H30Cl2N5NiO9+2. The number of rotatable bonds is 4. The molecule has 2 aromatic rings. The fraction of sp³-hybridized carbons (Fsp3) is 0.400. The molecule has 0 atom stereocenters. The van der Waals surface area contributed by atoms with Crippen molar-refractivity contribution in [3.8, 4) is 12.1 Å². The maximum Gasteiger partial charge on any atom is 3.00 e. The van der Waals surface area contributed by atoms with Crippen LogP contribution in [0.15, 0.2) is 48.8 Å². The van der Waals surface area contributed by atoms with E-state index in [0.29, 0.717) is 0 Å². The van der Waals surface area contributed by atoms with E-state index in [1.807, 2.05) is 36.7 Å². The molecule has 0 aliphatic heterocycles. The van der Waals surface area contributed by atoms with E-state index in [1.165, 1.54) is 13.8 Å². The van der Waals surface area contributed by atoms with E-state index >= 15 is 0 Å². The van der Waals surface area contributed by atoms with Gasteiger partial charge in [0.2, 0.25) is 0 Å². The smallest absolute Gasteiger partial charge is 0.457 e. The SMILES string of the molecule is CC#N.CC#N.CC(C)(C)N(Cc1ccccn1)Cc1ccccn1.[Ni+3].[O-][Cl+3]([O-])([O-])[O-].[O-][Cl+3]([O-])([O-])[O-].[OH3+]. The van der Waals surface area contributed by atoms with Crippen LogP contribution in [0.1, 0.15) is 46.0 Å². The Balaban J connectivity index is -0.000000158. The van der Waals surface area contributed by atoms with Gasteiger partial charge in [-0.2, -0.15) is 10.5 Å². The molecule has 0 aliphatic rings. The van der Waals surface area contributed by atoms with Gasteiger partial charge in [0.25, 0.3) is 0 Å². The van der Waals surface area contributed by atoms with E-state index in [1.54, 1.807) is 12.1 Å². The van der Waals surface area contributed by atoms with Crippen molar-refractivity contribution in [3.63, 3.8) is 0 Å². The molecule has 1 radical (unpaired) electrons. The van der Waals surface area contributed by atoms with E-state index in [2.05, 4.69) is 47.8 Å². The summed E-state index contributed by atoms with van der Waals surface area (Å²) in [5.41, 5.74) is 2.26. The van der Waals surface area contributed by atoms with Crippen molar-refractivity contribution in [2.45, 2.75) is 53.2 Å². The topological polar surface area (TPSA) is 294 Å². The number of hydrogen-bond acceptors (Lipinski definition) is 13. The van der Waals surface area contributed by atoms with Crippen molar-refractivity contribution < 1.29 is 79.7 Å². The quantitative estimate of drug-likeness (QED) is 0.229. The number of halogens is 2. The fourth-order valence-corrected chi connectivity index (χ4v) is 1.90. The van der Waals surface area contributed by atoms with Crippen LogP contribution in [0.3, 0.4) is 0 Å². The number of nitriles is 2. The second-order valence-corrected chi connectivity index (χ2v) is 8.38. The number of hydrogen-bond donors (Lipinski definition) is 0. The van der Waals surface area contributed by atoms with Crippen LogP contribution < -0.4 is 37.3 Å². The van der Waals surface area contributed by atoms with Crippen molar-refractivity contribution in [2.75, 3.05) is 0 Å². The molecule has 0 saturated heterocycles. The van der Waals surface area contributed by atoms with Crippen LogP contribution in [0.25, 0.3) is 0 Å². The Labute approximate surface area is 230 Å². The summed E-state index contributed by atoms with van der Waals surface area (Å²) in [6.45, 7) is 11.2. The van der Waals surface area contributed by atoms with Crippen LogP contribution in [0, 0.1) is 43.1 Å². The van der Waals surface area contributed by atoms with Crippen LogP contribution in [0.4, 0.5) is 0 Å². The molecule has 0 amide bonds. The summed E-state index contributed by atoms with van der Waals surface area (Å²) in [6, 6.07) is 15.6. The molecule has 37 heavy (non-hydrogen) atoms. The third kappa shape index (κ3) is 44.4. The van der Waals surface area contributed by atoms with Gasteiger partial charge in [-0.1, -0.05) is 12.1 Å². The van der Waals surface area contributed by atoms with Gasteiger partial charge in [-0.25, -0.2) is 37.3 Å². The minimum absolute atomic E-state index is 0. The van der Waals surface area contributed by atoms with Gasteiger partial charge < -0.3 is 5.48 Å². The molecular weight excluding hydrogens is 584 g/mol. The largest absolute Gasteiger partial charge is 3.00 e. The first kappa shape index (κ1) is 44.9. The van der Waals surface area contributed by atoms with Crippen LogP contribution >= 0.6 is 0 Å². The van der Waals surface area contributed by atoms with Crippen molar-refractivity contribution in [1.29, 1.82) is 10.5 Å². The van der Waals surface area contributed by atoms with Crippen LogP contribution in [0.2, 0.25) is 0 Å². The maximum absolute atomic E-state index is 8.49. The zero-order valence-electron chi connectivity index (χ0n) is 20.7. The predicted molar refractivity (Wildman–Crippen MR) is 105 cm³/mol. The third-order valence-corrected chi connectivity index (χ3v) is 3.11. The average Bonchev–Trinajstić information content (AvgIpc) is 2.67. The second-order valence-electron chi connectivity index (χ2n) is 6.87. The minimum atomic E-state index is -4.94. The first-order valence-electron chi connectivity index (χ1n) is 9.29. The van der Waals surface area contributed by atoms with Gasteiger partial charge >= 0.3 is 16.5 Å². The molecule has 2 rings (SSSR count). The number of nitrogens with zero attached hydrogens (tertiary/aromatic N) is 5. The Morgan fingerprint density at radius 2 is 0.973 bits per heavy atom. The van der Waals surface area contributed by atoms with Gasteiger partial charge in [-0.3, -0.25) is 14.9 Å². The molecule has 0 unspecified atom stereocenters. The number of aromatic nitrogens is 2. The average molecular weight is 614 g/mol. The van der Waals surface area contributed by atoms with Gasteiger partial charge in [0.1, 0.15) is 0 Å². The molecule has 0 fully saturated rings. The maximum atomic E-state index is 8.49. The number of pyridine rings is 2. The molecule has 17 heteroatoms.